The molecule has 0 saturated heterocycles. The molecular weight excluding hydrogens is 208 g/mol. The molecule has 0 fully saturated rings. The van der Waals surface area contributed by atoms with E-state index in [0.717, 1.165) is 16.7 Å². The molecule has 0 spiro atoms. The van der Waals surface area contributed by atoms with Gasteiger partial charge in [-0.2, -0.15) is 5.26 Å². The number of nitrogens with two attached hydrogens (primary N) is 1. The van der Waals surface area contributed by atoms with Gasteiger partial charge in [-0.3, -0.25) is 0 Å². The summed E-state index contributed by atoms with van der Waals surface area (Å²) in [6, 6.07) is 14.1. The summed E-state index contributed by atoms with van der Waals surface area (Å²) in [6.07, 6.45) is 0. The second-order valence-corrected chi connectivity index (χ2v) is 4.13. The van der Waals surface area contributed by atoms with Gasteiger partial charge in [0.25, 0.3) is 0 Å². The summed E-state index contributed by atoms with van der Waals surface area (Å²) in [5.74, 6) is 0. The lowest BCUT2D eigenvalue weighted by molar-refractivity contribution is 1.37. The van der Waals surface area contributed by atoms with Crippen molar-refractivity contribution in [3.05, 3.63) is 53.1 Å². The van der Waals surface area contributed by atoms with Crippen LogP contribution in [0.25, 0.3) is 11.1 Å². The molecule has 0 heterocycles. The van der Waals surface area contributed by atoms with E-state index in [1.54, 1.807) is 6.07 Å². The summed E-state index contributed by atoms with van der Waals surface area (Å²) in [5.41, 5.74) is 11.3. The van der Waals surface area contributed by atoms with E-state index < -0.39 is 0 Å². The van der Waals surface area contributed by atoms with Crippen LogP contribution < -0.4 is 5.73 Å². The predicted octanol–water partition coefficient (Wildman–Crippen LogP) is 3.42. The Bertz CT molecular complexity index is 607. The summed E-state index contributed by atoms with van der Waals surface area (Å²) >= 11 is 0. The third-order valence-electron chi connectivity index (χ3n) is 3.04. The third kappa shape index (κ3) is 1.88. The molecule has 0 bridgehead atoms. The first-order valence-electron chi connectivity index (χ1n) is 5.50. The molecule has 0 aromatic heterocycles. The molecule has 2 rings (SSSR count). The molecule has 2 nitrogen and oxygen atoms in total. The van der Waals surface area contributed by atoms with Crippen molar-refractivity contribution in [2.45, 2.75) is 13.8 Å². The Kier molecular flexibility index (Phi) is 2.84. The van der Waals surface area contributed by atoms with Crippen molar-refractivity contribution in [2.75, 3.05) is 5.73 Å². The molecule has 2 aromatic carbocycles. The normalized spacial score (nSPS) is 9.94. The van der Waals surface area contributed by atoms with Gasteiger partial charge in [0.15, 0.2) is 0 Å². The number of hydrogen-bond donors (Lipinski definition) is 1. The van der Waals surface area contributed by atoms with Crippen LogP contribution in [-0.4, -0.2) is 0 Å². The quantitative estimate of drug-likeness (QED) is 0.751. The van der Waals surface area contributed by atoms with Gasteiger partial charge in [-0.25, -0.2) is 0 Å². The Hall–Kier alpha value is -2.27. The number of nitrogens with zero attached hydrogens (tertiary/aromatic N) is 1. The number of hydrogen-bond acceptors (Lipinski definition) is 2. The van der Waals surface area contributed by atoms with Crippen LogP contribution in [0.1, 0.15) is 16.7 Å². The first-order valence-corrected chi connectivity index (χ1v) is 5.50. The molecule has 0 saturated carbocycles. The lowest BCUT2D eigenvalue weighted by Crippen LogP contribution is -1.96. The number of rotatable bonds is 1. The first-order chi connectivity index (χ1) is 8.15. The minimum absolute atomic E-state index is 0.544. The van der Waals surface area contributed by atoms with Crippen molar-refractivity contribution >= 4 is 5.69 Å². The van der Waals surface area contributed by atoms with Gasteiger partial charge in [-0.05, 0) is 42.2 Å². The lowest BCUT2D eigenvalue weighted by atomic mass is 9.93. The summed E-state index contributed by atoms with van der Waals surface area (Å²) in [6.45, 7) is 4.01. The van der Waals surface area contributed by atoms with Gasteiger partial charge in [0.05, 0.1) is 5.56 Å². The maximum absolute atomic E-state index is 9.11. The van der Waals surface area contributed by atoms with Crippen LogP contribution in [0.15, 0.2) is 36.4 Å². The lowest BCUT2D eigenvalue weighted by Gasteiger charge is -2.11. The van der Waals surface area contributed by atoms with Gasteiger partial charge in [0, 0.05) is 5.69 Å². The Labute approximate surface area is 101 Å². The molecule has 0 radical (unpaired) electrons. The van der Waals surface area contributed by atoms with Gasteiger partial charge in [0.2, 0.25) is 0 Å². The van der Waals surface area contributed by atoms with Gasteiger partial charge < -0.3 is 5.73 Å². The van der Waals surface area contributed by atoms with Crippen molar-refractivity contribution in [3.8, 4) is 17.2 Å². The zero-order chi connectivity index (χ0) is 12.4. The van der Waals surface area contributed by atoms with Crippen LogP contribution >= 0.6 is 0 Å². The summed E-state index contributed by atoms with van der Waals surface area (Å²) in [7, 11) is 0. The van der Waals surface area contributed by atoms with E-state index in [9.17, 15) is 0 Å². The number of nitriles is 1. The van der Waals surface area contributed by atoms with E-state index in [2.05, 4.69) is 25.1 Å². The van der Waals surface area contributed by atoms with E-state index in [-0.39, 0.29) is 0 Å². The molecule has 2 heteroatoms. The summed E-state index contributed by atoms with van der Waals surface area (Å²) in [4.78, 5) is 0. The molecule has 2 aromatic rings. The van der Waals surface area contributed by atoms with Crippen LogP contribution in [-0.2, 0) is 0 Å². The van der Waals surface area contributed by atoms with E-state index in [4.69, 9.17) is 11.0 Å². The highest BCUT2D eigenvalue weighted by molar-refractivity contribution is 5.76. The second kappa shape index (κ2) is 4.31. The largest absolute Gasteiger partial charge is 0.398 e. The Morgan fingerprint density at radius 3 is 2.35 bits per heavy atom. The van der Waals surface area contributed by atoms with Crippen molar-refractivity contribution in [1.29, 1.82) is 5.26 Å². The Morgan fingerprint density at radius 1 is 1.00 bits per heavy atom. The molecule has 2 N–H and O–H groups in total. The van der Waals surface area contributed by atoms with Crippen LogP contribution in [0.5, 0.6) is 0 Å². The molecule has 17 heavy (non-hydrogen) atoms. The van der Waals surface area contributed by atoms with Crippen molar-refractivity contribution in [1.82, 2.24) is 0 Å². The van der Waals surface area contributed by atoms with Gasteiger partial charge in [-0.1, -0.05) is 30.3 Å². The number of aryl methyl sites for hydroxylation is 1. The molecule has 0 aliphatic heterocycles. The van der Waals surface area contributed by atoms with E-state index in [0.29, 0.717) is 11.3 Å². The fraction of sp³-hybridized carbons (Fsp3) is 0.133. The SMILES string of the molecule is Cc1ccccc1-c1ccc(N)c(C#N)c1C. The van der Waals surface area contributed by atoms with E-state index in [1.807, 2.05) is 25.1 Å². The average Bonchev–Trinajstić information content (AvgIpc) is 2.31. The molecule has 0 aliphatic carbocycles. The van der Waals surface area contributed by atoms with Crippen LogP contribution in [0, 0.1) is 25.2 Å². The average molecular weight is 222 g/mol. The predicted molar refractivity (Wildman–Crippen MR) is 70.5 cm³/mol. The highest BCUT2D eigenvalue weighted by Gasteiger charge is 2.10. The van der Waals surface area contributed by atoms with Gasteiger partial charge in [0.1, 0.15) is 6.07 Å². The Balaban J connectivity index is 2.71. The topological polar surface area (TPSA) is 49.8 Å². The van der Waals surface area contributed by atoms with Gasteiger partial charge >= 0.3 is 0 Å². The zero-order valence-corrected chi connectivity index (χ0v) is 9.99. The molecule has 84 valence electrons. The zero-order valence-electron chi connectivity index (χ0n) is 9.99. The van der Waals surface area contributed by atoms with Crippen molar-refractivity contribution < 1.29 is 0 Å². The fourth-order valence-corrected chi connectivity index (χ4v) is 2.05. The number of anilines is 1. The minimum atomic E-state index is 0.544. The number of nitrogen functional groups attached to an aromatic ring is 1. The van der Waals surface area contributed by atoms with Crippen LogP contribution in [0.2, 0.25) is 0 Å². The highest BCUT2D eigenvalue weighted by atomic mass is 14.6. The smallest absolute Gasteiger partial charge is 0.102 e. The summed E-state index contributed by atoms with van der Waals surface area (Å²) < 4.78 is 0. The monoisotopic (exact) mass is 222 g/mol. The van der Waals surface area contributed by atoms with E-state index >= 15 is 0 Å². The molecule has 0 aliphatic rings. The standard InChI is InChI=1S/C15H14N2/c1-10-5-3-4-6-12(10)13-7-8-15(17)14(9-16)11(13)2/h3-8H,17H2,1-2H3. The maximum Gasteiger partial charge on any atom is 0.102 e. The molecule has 0 amide bonds. The van der Waals surface area contributed by atoms with E-state index in [1.165, 1.54) is 5.56 Å². The first kappa shape index (κ1) is 11.2. The number of benzene rings is 2. The highest BCUT2D eigenvalue weighted by Crippen LogP contribution is 2.30. The van der Waals surface area contributed by atoms with Crippen LogP contribution in [0.3, 0.4) is 0 Å². The minimum Gasteiger partial charge on any atom is -0.398 e. The van der Waals surface area contributed by atoms with Crippen molar-refractivity contribution in [3.63, 3.8) is 0 Å². The third-order valence-corrected chi connectivity index (χ3v) is 3.04. The second-order valence-electron chi connectivity index (χ2n) is 4.13. The summed E-state index contributed by atoms with van der Waals surface area (Å²) in [5, 5.41) is 9.11. The van der Waals surface area contributed by atoms with Gasteiger partial charge in [-0.15, -0.1) is 0 Å². The fourth-order valence-electron chi connectivity index (χ4n) is 2.05. The van der Waals surface area contributed by atoms with Crippen LogP contribution in [0.4, 0.5) is 5.69 Å². The molecular formula is C15H14N2. The Morgan fingerprint density at radius 2 is 1.71 bits per heavy atom. The molecule has 0 atom stereocenters. The molecule has 0 unspecified atom stereocenters. The maximum atomic E-state index is 9.11. The van der Waals surface area contributed by atoms with Crippen molar-refractivity contribution in [2.24, 2.45) is 0 Å².